The lowest BCUT2D eigenvalue weighted by Crippen LogP contribution is -2.50. The van der Waals surface area contributed by atoms with Crippen LogP contribution in [-0.4, -0.2) is 42.8 Å². The Morgan fingerprint density at radius 2 is 1.90 bits per heavy atom. The highest BCUT2D eigenvalue weighted by Gasteiger charge is 2.25. The summed E-state index contributed by atoms with van der Waals surface area (Å²) in [7, 11) is 0. The van der Waals surface area contributed by atoms with Gasteiger partial charge in [-0.2, -0.15) is 0 Å². The Hall–Kier alpha value is -1.23. The summed E-state index contributed by atoms with van der Waals surface area (Å²) < 4.78 is 5.42. The van der Waals surface area contributed by atoms with Crippen molar-refractivity contribution < 1.29 is 9.53 Å². The zero-order chi connectivity index (χ0) is 15.5. The van der Waals surface area contributed by atoms with Gasteiger partial charge >= 0.3 is 6.09 Å². The molecule has 5 heteroatoms. The zero-order valence-corrected chi connectivity index (χ0v) is 14.5. The zero-order valence-electron chi connectivity index (χ0n) is 12.9. The lowest BCUT2D eigenvalue weighted by molar-refractivity contribution is 0.0240. The Bertz CT molecular complexity index is 491. The van der Waals surface area contributed by atoms with Crippen molar-refractivity contribution in [3.8, 4) is 0 Å². The third-order valence-electron chi connectivity index (χ3n) is 3.36. The van der Waals surface area contributed by atoms with Crippen LogP contribution in [0.15, 0.2) is 24.3 Å². The van der Waals surface area contributed by atoms with Crippen LogP contribution in [0.25, 0.3) is 0 Å². The Balaban J connectivity index is 1.92. The topological polar surface area (TPSA) is 32.8 Å². The fraction of sp³-hybridized carbons (Fsp3) is 0.562. The molecule has 1 aliphatic rings. The van der Waals surface area contributed by atoms with Crippen molar-refractivity contribution in [3.05, 3.63) is 29.8 Å². The number of nitrogens with zero attached hydrogens (tertiary/aromatic N) is 2. The second-order valence-corrected chi connectivity index (χ2v) is 6.82. The minimum atomic E-state index is -0.432. The van der Waals surface area contributed by atoms with Gasteiger partial charge in [0.1, 0.15) is 5.60 Å². The normalized spacial score (nSPS) is 16.0. The highest BCUT2D eigenvalue weighted by atomic mass is 79.9. The SMILES string of the molecule is CC(C)(C)OC(=O)N1CCN(c2cccc(CBr)c2)CC1. The summed E-state index contributed by atoms with van der Waals surface area (Å²) in [5.41, 5.74) is 2.05. The number of carbonyl (C=O) groups is 1. The number of piperazine rings is 1. The molecule has 0 saturated carbocycles. The molecule has 1 heterocycles. The summed E-state index contributed by atoms with van der Waals surface area (Å²) >= 11 is 3.48. The number of hydrogen-bond donors (Lipinski definition) is 0. The maximum Gasteiger partial charge on any atom is 0.410 e. The molecular formula is C16H23BrN2O2. The summed E-state index contributed by atoms with van der Waals surface area (Å²) in [5.74, 6) is 0. The molecule has 1 aliphatic heterocycles. The average molecular weight is 355 g/mol. The average Bonchev–Trinajstić information content (AvgIpc) is 2.46. The highest BCUT2D eigenvalue weighted by molar-refractivity contribution is 9.08. The molecule has 1 saturated heterocycles. The van der Waals surface area contributed by atoms with Gasteiger partial charge in [0.05, 0.1) is 0 Å². The Labute approximate surface area is 135 Å². The van der Waals surface area contributed by atoms with Crippen molar-refractivity contribution in [1.29, 1.82) is 0 Å². The summed E-state index contributed by atoms with van der Waals surface area (Å²) in [5, 5.41) is 0.860. The first-order chi connectivity index (χ1) is 9.89. The van der Waals surface area contributed by atoms with Gasteiger partial charge in [0.15, 0.2) is 0 Å². The van der Waals surface area contributed by atoms with Gasteiger partial charge in [0.2, 0.25) is 0 Å². The minimum absolute atomic E-state index is 0.212. The molecular weight excluding hydrogens is 332 g/mol. The smallest absolute Gasteiger partial charge is 0.410 e. The van der Waals surface area contributed by atoms with Crippen LogP contribution in [0.2, 0.25) is 0 Å². The van der Waals surface area contributed by atoms with Crippen LogP contribution in [-0.2, 0) is 10.1 Å². The van der Waals surface area contributed by atoms with Crippen LogP contribution in [0.3, 0.4) is 0 Å². The largest absolute Gasteiger partial charge is 0.444 e. The summed E-state index contributed by atoms with van der Waals surface area (Å²) in [6.45, 7) is 8.77. The molecule has 0 bridgehead atoms. The fourth-order valence-electron chi connectivity index (χ4n) is 2.31. The number of ether oxygens (including phenoxy) is 1. The molecule has 0 aromatic heterocycles. The lowest BCUT2D eigenvalue weighted by Gasteiger charge is -2.36. The predicted molar refractivity (Wildman–Crippen MR) is 89.1 cm³/mol. The van der Waals surface area contributed by atoms with Crippen LogP contribution in [0.4, 0.5) is 10.5 Å². The number of anilines is 1. The van der Waals surface area contributed by atoms with E-state index in [4.69, 9.17) is 4.74 Å². The number of alkyl halides is 1. The quantitative estimate of drug-likeness (QED) is 0.760. The van der Waals surface area contributed by atoms with Crippen molar-refractivity contribution in [2.45, 2.75) is 31.7 Å². The van der Waals surface area contributed by atoms with E-state index in [1.807, 2.05) is 20.8 Å². The van der Waals surface area contributed by atoms with Gasteiger partial charge in [-0.05, 0) is 38.5 Å². The van der Waals surface area contributed by atoms with E-state index in [1.165, 1.54) is 11.3 Å². The lowest BCUT2D eigenvalue weighted by atomic mass is 10.2. The Morgan fingerprint density at radius 3 is 2.48 bits per heavy atom. The standard InChI is InChI=1S/C16H23BrN2O2/c1-16(2,3)21-15(20)19-9-7-18(8-10-19)14-6-4-5-13(11-14)12-17/h4-6,11H,7-10,12H2,1-3H3. The minimum Gasteiger partial charge on any atom is -0.444 e. The molecule has 2 rings (SSSR count). The van der Waals surface area contributed by atoms with Gasteiger partial charge in [0.25, 0.3) is 0 Å². The van der Waals surface area contributed by atoms with Gasteiger partial charge in [-0.1, -0.05) is 28.1 Å². The second kappa shape index (κ2) is 6.69. The molecule has 1 aromatic rings. The van der Waals surface area contributed by atoms with Crippen LogP contribution in [0, 0.1) is 0 Å². The van der Waals surface area contributed by atoms with E-state index >= 15 is 0 Å². The van der Waals surface area contributed by atoms with Crippen molar-refractivity contribution in [2.24, 2.45) is 0 Å². The predicted octanol–water partition coefficient (Wildman–Crippen LogP) is 3.64. The van der Waals surface area contributed by atoms with Crippen LogP contribution in [0.5, 0.6) is 0 Å². The third-order valence-corrected chi connectivity index (χ3v) is 4.01. The van der Waals surface area contributed by atoms with Gasteiger partial charge in [-0.15, -0.1) is 0 Å². The van der Waals surface area contributed by atoms with Crippen molar-refractivity contribution in [3.63, 3.8) is 0 Å². The first kappa shape index (κ1) is 16.1. The molecule has 1 aromatic carbocycles. The van der Waals surface area contributed by atoms with Gasteiger partial charge in [-0.3, -0.25) is 0 Å². The molecule has 0 spiro atoms. The number of carbonyl (C=O) groups excluding carboxylic acids is 1. The van der Waals surface area contributed by atoms with Crippen molar-refractivity contribution >= 4 is 27.7 Å². The molecule has 116 valence electrons. The Kier molecular flexibility index (Phi) is 5.14. The van der Waals surface area contributed by atoms with E-state index in [2.05, 4.69) is 45.1 Å². The Morgan fingerprint density at radius 1 is 1.24 bits per heavy atom. The number of hydrogen-bond acceptors (Lipinski definition) is 3. The van der Waals surface area contributed by atoms with Gasteiger partial charge in [-0.25, -0.2) is 4.79 Å². The maximum atomic E-state index is 12.0. The van der Waals surface area contributed by atoms with Crippen LogP contribution in [0.1, 0.15) is 26.3 Å². The van der Waals surface area contributed by atoms with E-state index in [0.717, 1.165) is 18.4 Å². The van der Waals surface area contributed by atoms with Gasteiger partial charge in [0, 0.05) is 37.2 Å². The van der Waals surface area contributed by atoms with E-state index in [1.54, 1.807) is 4.90 Å². The van der Waals surface area contributed by atoms with Crippen LogP contribution >= 0.6 is 15.9 Å². The van der Waals surface area contributed by atoms with E-state index < -0.39 is 5.60 Å². The summed E-state index contributed by atoms with van der Waals surface area (Å²) in [6, 6.07) is 8.49. The molecule has 0 unspecified atom stereocenters. The summed E-state index contributed by atoms with van der Waals surface area (Å²) in [6.07, 6.45) is -0.212. The number of amides is 1. The third kappa shape index (κ3) is 4.63. The molecule has 21 heavy (non-hydrogen) atoms. The number of halogens is 1. The molecule has 4 nitrogen and oxygen atoms in total. The van der Waals surface area contributed by atoms with E-state index in [-0.39, 0.29) is 6.09 Å². The van der Waals surface area contributed by atoms with Crippen LogP contribution < -0.4 is 4.90 Å². The molecule has 0 atom stereocenters. The molecule has 1 fully saturated rings. The molecule has 0 N–H and O–H groups in total. The highest BCUT2D eigenvalue weighted by Crippen LogP contribution is 2.20. The molecule has 0 radical (unpaired) electrons. The van der Waals surface area contributed by atoms with Gasteiger partial charge < -0.3 is 14.5 Å². The molecule has 0 aliphatic carbocycles. The first-order valence-corrected chi connectivity index (χ1v) is 8.39. The molecule has 1 amide bonds. The summed E-state index contributed by atoms with van der Waals surface area (Å²) in [4.78, 5) is 16.1. The van der Waals surface area contributed by atoms with Crippen molar-refractivity contribution in [2.75, 3.05) is 31.1 Å². The van der Waals surface area contributed by atoms with E-state index in [9.17, 15) is 4.79 Å². The maximum absolute atomic E-state index is 12.0. The van der Waals surface area contributed by atoms with Crippen molar-refractivity contribution in [1.82, 2.24) is 4.90 Å². The number of rotatable bonds is 2. The number of benzene rings is 1. The van der Waals surface area contributed by atoms with E-state index in [0.29, 0.717) is 13.1 Å². The monoisotopic (exact) mass is 354 g/mol. The first-order valence-electron chi connectivity index (χ1n) is 7.27. The second-order valence-electron chi connectivity index (χ2n) is 6.26. The fourth-order valence-corrected chi connectivity index (χ4v) is 2.66.